The zero-order valence-electron chi connectivity index (χ0n) is 12.8. The summed E-state index contributed by atoms with van der Waals surface area (Å²) in [5, 5.41) is 17.5. The van der Waals surface area contributed by atoms with Crippen LogP contribution in [0.1, 0.15) is 5.56 Å². The first-order valence-electron chi connectivity index (χ1n) is 7.66. The molecule has 0 amide bonds. The van der Waals surface area contributed by atoms with Crippen LogP contribution in [0.5, 0.6) is 5.75 Å². The fourth-order valence-electron chi connectivity index (χ4n) is 2.78. The Bertz CT molecular complexity index is 1050. The van der Waals surface area contributed by atoms with E-state index in [0.717, 1.165) is 27.4 Å². The summed E-state index contributed by atoms with van der Waals surface area (Å²) in [6.07, 6.45) is 3.40. The molecule has 1 heterocycles. The van der Waals surface area contributed by atoms with Gasteiger partial charge in [0, 0.05) is 17.1 Å². The lowest BCUT2D eigenvalue weighted by molar-refractivity contribution is 0.475. The van der Waals surface area contributed by atoms with Crippen LogP contribution in [0.4, 0.5) is 5.69 Å². The van der Waals surface area contributed by atoms with Gasteiger partial charge in [0.15, 0.2) is 0 Å². The van der Waals surface area contributed by atoms with Crippen molar-refractivity contribution in [2.45, 2.75) is 0 Å². The van der Waals surface area contributed by atoms with Gasteiger partial charge in [-0.25, -0.2) is 0 Å². The first-order chi connectivity index (χ1) is 11.8. The number of phenols is 1. The van der Waals surface area contributed by atoms with E-state index in [1.54, 1.807) is 18.5 Å². The van der Waals surface area contributed by atoms with Gasteiger partial charge in [-0.15, -0.1) is 0 Å². The molecule has 4 aromatic rings. The van der Waals surface area contributed by atoms with Crippen LogP contribution in [0.15, 0.2) is 78.0 Å². The van der Waals surface area contributed by atoms with Crippen LogP contribution in [0, 0.1) is 0 Å². The number of nitrogens with zero attached hydrogens (tertiary/aromatic N) is 2. The molecule has 0 atom stereocenters. The maximum Gasteiger partial charge on any atom is 0.125 e. The first-order valence-corrected chi connectivity index (χ1v) is 7.66. The normalized spacial score (nSPS) is 11.3. The average molecular weight is 313 g/mol. The lowest BCUT2D eigenvalue weighted by Crippen LogP contribution is -1.94. The van der Waals surface area contributed by atoms with Gasteiger partial charge in [0.25, 0.3) is 0 Å². The molecule has 0 saturated heterocycles. The van der Waals surface area contributed by atoms with Crippen LogP contribution in [-0.2, 0) is 0 Å². The highest BCUT2D eigenvalue weighted by Crippen LogP contribution is 2.26. The van der Waals surface area contributed by atoms with Crippen molar-refractivity contribution in [3.8, 4) is 5.75 Å². The molecule has 0 saturated carbocycles. The van der Waals surface area contributed by atoms with Crippen LogP contribution < -0.4 is 5.43 Å². The summed E-state index contributed by atoms with van der Waals surface area (Å²) < 4.78 is 0. The number of fused-ring (bicyclic) bond motifs is 2. The third-order valence-corrected chi connectivity index (χ3v) is 3.96. The number of hydrogen-bond acceptors (Lipinski definition) is 4. The fourth-order valence-corrected chi connectivity index (χ4v) is 2.78. The van der Waals surface area contributed by atoms with E-state index in [2.05, 4.69) is 15.5 Å². The van der Waals surface area contributed by atoms with Crippen molar-refractivity contribution in [1.82, 2.24) is 4.98 Å². The number of benzene rings is 3. The average Bonchev–Trinajstić information content (AvgIpc) is 2.64. The number of rotatable bonds is 3. The molecule has 0 aliphatic rings. The van der Waals surface area contributed by atoms with Crippen LogP contribution in [-0.4, -0.2) is 16.3 Å². The number of aromatic hydroxyl groups is 1. The smallest absolute Gasteiger partial charge is 0.125 e. The first kappa shape index (κ1) is 14.2. The summed E-state index contributed by atoms with van der Waals surface area (Å²) in [5.74, 6) is 0.204. The maximum absolute atomic E-state index is 10.1. The van der Waals surface area contributed by atoms with Gasteiger partial charge >= 0.3 is 0 Å². The summed E-state index contributed by atoms with van der Waals surface area (Å²) in [6.45, 7) is 0. The highest BCUT2D eigenvalue weighted by atomic mass is 16.3. The molecule has 116 valence electrons. The summed E-state index contributed by atoms with van der Waals surface area (Å²) in [4.78, 5) is 4.39. The van der Waals surface area contributed by atoms with E-state index in [0.29, 0.717) is 5.56 Å². The van der Waals surface area contributed by atoms with Gasteiger partial charge in [-0.05, 0) is 29.0 Å². The molecule has 4 rings (SSSR count). The molecule has 2 N–H and O–H groups in total. The molecule has 0 aliphatic carbocycles. The molecule has 0 radical (unpaired) electrons. The van der Waals surface area contributed by atoms with E-state index in [1.165, 1.54) is 0 Å². The quantitative estimate of drug-likeness (QED) is 0.431. The zero-order chi connectivity index (χ0) is 16.4. The van der Waals surface area contributed by atoms with Crippen molar-refractivity contribution in [3.05, 3.63) is 78.5 Å². The summed E-state index contributed by atoms with van der Waals surface area (Å²) >= 11 is 0. The number of phenolic OH excluding ortho intramolecular Hbond substituents is 1. The monoisotopic (exact) mass is 313 g/mol. The lowest BCUT2D eigenvalue weighted by Gasteiger charge is -2.06. The van der Waals surface area contributed by atoms with Gasteiger partial charge in [0.1, 0.15) is 5.75 Å². The van der Waals surface area contributed by atoms with Gasteiger partial charge in [0.2, 0.25) is 0 Å². The van der Waals surface area contributed by atoms with Gasteiger partial charge in [-0.3, -0.25) is 10.4 Å². The van der Waals surface area contributed by atoms with Gasteiger partial charge < -0.3 is 5.11 Å². The minimum Gasteiger partial charge on any atom is -0.507 e. The zero-order valence-corrected chi connectivity index (χ0v) is 12.8. The molecule has 0 aliphatic heterocycles. The second kappa shape index (κ2) is 6.01. The number of pyridine rings is 1. The van der Waals surface area contributed by atoms with Crippen molar-refractivity contribution in [3.63, 3.8) is 0 Å². The second-order valence-electron chi connectivity index (χ2n) is 5.47. The van der Waals surface area contributed by atoms with E-state index in [-0.39, 0.29) is 5.75 Å². The van der Waals surface area contributed by atoms with E-state index in [4.69, 9.17) is 0 Å². The second-order valence-corrected chi connectivity index (χ2v) is 5.47. The largest absolute Gasteiger partial charge is 0.507 e. The predicted octanol–water partition coefficient (Wildman–Crippen LogP) is 4.54. The number of aromatic nitrogens is 1. The molecular weight excluding hydrogens is 298 g/mol. The number of hydrogen-bond donors (Lipinski definition) is 2. The molecule has 0 bridgehead atoms. The maximum atomic E-state index is 10.1. The molecule has 0 fully saturated rings. The van der Waals surface area contributed by atoms with Crippen LogP contribution in [0.25, 0.3) is 21.7 Å². The van der Waals surface area contributed by atoms with Gasteiger partial charge in [0.05, 0.1) is 17.4 Å². The fraction of sp³-hybridized carbons (Fsp3) is 0. The highest BCUT2D eigenvalue weighted by molar-refractivity contribution is 6.02. The Kier molecular flexibility index (Phi) is 3.56. The Balaban J connectivity index is 1.70. The van der Waals surface area contributed by atoms with Gasteiger partial charge in [-0.1, -0.05) is 48.5 Å². The van der Waals surface area contributed by atoms with Crippen molar-refractivity contribution in [2.24, 2.45) is 5.10 Å². The van der Waals surface area contributed by atoms with E-state index < -0.39 is 0 Å². The van der Waals surface area contributed by atoms with E-state index >= 15 is 0 Å². The minimum absolute atomic E-state index is 0.204. The Morgan fingerprint density at radius 1 is 0.875 bits per heavy atom. The lowest BCUT2D eigenvalue weighted by atomic mass is 10.0. The van der Waals surface area contributed by atoms with Crippen LogP contribution in [0.3, 0.4) is 0 Å². The Hall–Kier alpha value is -3.40. The van der Waals surface area contributed by atoms with Crippen LogP contribution in [0.2, 0.25) is 0 Å². The van der Waals surface area contributed by atoms with Crippen LogP contribution >= 0.6 is 0 Å². The standard InChI is InChI=1S/C20H15N3O/c24-19-11-10-14-5-1-2-8-16(14)17(19)13-22-23-18-9-3-6-15-7-4-12-21-20(15)18/h1-13,23-24H. The Morgan fingerprint density at radius 2 is 1.71 bits per heavy atom. The molecule has 0 spiro atoms. The summed E-state index contributed by atoms with van der Waals surface area (Å²) in [5.41, 5.74) is 5.40. The molecule has 4 nitrogen and oxygen atoms in total. The SMILES string of the molecule is Oc1ccc2ccccc2c1C=NNc1cccc2cccnc12. The molecule has 24 heavy (non-hydrogen) atoms. The summed E-state index contributed by atoms with van der Waals surface area (Å²) in [6, 6.07) is 21.3. The molecule has 3 aromatic carbocycles. The number of nitrogens with one attached hydrogen (secondary N) is 1. The number of para-hydroxylation sites is 1. The van der Waals surface area contributed by atoms with E-state index in [9.17, 15) is 5.11 Å². The topological polar surface area (TPSA) is 57.5 Å². The summed E-state index contributed by atoms with van der Waals surface area (Å²) in [7, 11) is 0. The molecular formula is C20H15N3O. The van der Waals surface area contributed by atoms with Crippen molar-refractivity contribution >= 4 is 33.6 Å². The number of anilines is 1. The molecule has 0 unspecified atom stereocenters. The molecule has 1 aromatic heterocycles. The third kappa shape index (κ3) is 2.54. The van der Waals surface area contributed by atoms with Gasteiger partial charge in [-0.2, -0.15) is 5.10 Å². The van der Waals surface area contributed by atoms with E-state index in [1.807, 2.05) is 60.7 Å². The number of hydrazone groups is 1. The Morgan fingerprint density at radius 3 is 2.67 bits per heavy atom. The van der Waals surface area contributed by atoms with Crippen molar-refractivity contribution in [2.75, 3.05) is 5.43 Å². The van der Waals surface area contributed by atoms with Crippen molar-refractivity contribution < 1.29 is 5.11 Å². The minimum atomic E-state index is 0.204. The molecule has 4 heteroatoms. The predicted molar refractivity (Wildman–Crippen MR) is 98.6 cm³/mol. The highest BCUT2D eigenvalue weighted by Gasteiger charge is 2.04. The van der Waals surface area contributed by atoms with Crippen molar-refractivity contribution in [1.29, 1.82) is 0 Å². The third-order valence-electron chi connectivity index (χ3n) is 3.96. The Labute approximate surface area is 139 Å².